The molecule has 1 fully saturated rings. The number of halogens is 2. The maximum Gasteiger partial charge on any atom is 0.125 e. The summed E-state index contributed by atoms with van der Waals surface area (Å²) in [5.41, 5.74) is 4.16. The van der Waals surface area contributed by atoms with E-state index in [1.807, 2.05) is 49.4 Å². The standard InChI is InChI=1S/C29H30ClFO5/c1-29(26-8-5-22(31)12-21(26)16-35-29)17-34-24-6-2-18(3-7-24)10-20-11-19(4-9-27(20)30)28-14-23(33)13-25(15-32)36-28/h2-9,11-12,23,25,28,32-33H,10,13-17H2,1H3. The van der Waals surface area contributed by atoms with Crippen LogP contribution in [0, 0.1) is 5.82 Å². The van der Waals surface area contributed by atoms with Gasteiger partial charge in [0.1, 0.15) is 23.8 Å². The minimum absolute atomic E-state index is 0.112. The first-order valence-corrected chi connectivity index (χ1v) is 12.6. The molecule has 0 saturated carbocycles. The SMILES string of the molecule is CC1(COc2ccc(Cc3cc(C4CC(O)CC(CO)O4)ccc3Cl)cc2)OCc2cc(F)ccc21. The lowest BCUT2D eigenvalue weighted by molar-refractivity contribution is -0.113. The molecule has 3 aromatic carbocycles. The van der Waals surface area contributed by atoms with Crippen LogP contribution in [0.3, 0.4) is 0 Å². The minimum atomic E-state index is -0.626. The number of benzene rings is 3. The van der Waals surface area contributed by atoms with Crippen molar-refractivity contribution in [2.24, 2.45) is 0 Å². The number of hydrogen-bond donors (Lipinski definition) is 2. The van der Waals surface area contributed by atoms with Crippen molar-refractivity contribution >= 4 is 11.6 Å². The largest absolute Gasteiger partial charge is 0.490 e. The molecule has 0 aromatic heterocycles. The quantitative estimate of drug-likeness (QED) is 0.439. The van der Waals surface area contributed by atoms with Crippen molar-refractivity contribution in [3.63, 3.8) is 0 Å². The molecule has 190 valence electrons. The minimum Gasteiger partial charge on any atom is -0.490 e. The molecule has 4 unspecified atom stereocenters. The summed E-state index contributed by atoms with van der Waals surface area (Å²) in [4.78, 5) is 0. The highest BCUT2D eigenvalue weighted by Gasteiger charge is 2.36. The second-order valence-corrected chi connectivity index (χ2v) is 10.2. The van der Waals surface area contributed by atoms with Gasteiger partial charge in [0.2, 0.25) is 0 Å². The molecule has 2 aliphatic rings. The molecule has 1 saturated heterocycles. The van der Waals surface area contributed by atoms with Gasteiger partial charge in [0.05, 0.1) is 31.5 Å². The summed E-state index contributed by atoms with van der Waals surface area (Å²) in [6.07, 6.45) is 0.421. The van der Waals surface area contributed by atoms with Gasteiger partial charge >= 0.3 is 0 Å². The van der Waals surface area contributed by atoms with E-state index in [-0.39, 0.29) is 24.6 Å². The Balaban J connectivity index is 1.24. The van der Waals surface area contributed by atoms with E-state index in [9.17, 15) is 14.6 Å². The van der Waals surface area contributed by atoms with Gasteiger partial charge < -0.3 is 24.4 Å². The molecule has 0 radical (unpaired) electrons. The molecule has 0 spiro atoms. The number of hydrogen-bond acceptors (Lipinski definition) is 5. The Kier molecular flexibility index (Phi) is 7.33. The highest BCUT2D eigenvalue weighted by atomic mass is 35.5. The average Bonchev–Trinajstić information content (AvgIpc) is 3.20. The van der Waals surface area contributed by atoms with Crippen LogP contribution in [0.15, 0.2) is 60.7 Å². The van der Waals surface area contributed by atoms with Gasteiger partial charge in [0.15, 0.2) is 0 Å². The van der Waals surface area contributed by atoms with Crippen LogP contribution >= 0.6 is 11.6 Å². The lowest BCUT2D eigenvalue weighted by Gasteiger charge is -2.32. The van der Waals surface area contributed by atoms with Crippen LogP contribution in [0.25, 0.3) is 0 Å². The van der Waals surface area contributed by atoms with Crippen molar-refractivity contribution in [2.75, 3.05) is 13.2 Å². The van der Waals surface area contributed by atoms with Crippen molar-refractivity contribution in [1.82, 2.24) is 0 Å². The van der Waals surface area contributed by atoms with Crippen molar-refractivity contribution in [2.45, 2.75) is 56.7 Å². The topological polar surface area (TPSA) is 68.2 Å². The zero-order valence-electron chi connectivity index (χ0n) is 20.1. The van der Waals surface area contributed by atoms with Crippen molar-refractivity contribution in [1.29, 1.82) is 0 Å². The van der Waals surface area contributed by atoms with Crippen LogP contribution in [-0.2, 0) is 28.1 Å². The fourth-order valence-electron chi connectivity index (χ4n) is 5.03. The Hall–Kier alpha value is -2.48. The second-order valence-electron chi connectivity index (χ2n) is 9.84. The molecular formula is C29H30ClFO5. The maximum atomic E-state index is 13.5. The third-order valence-electron chi connectivity index (χ3n) is 7.04. The molecule has 36 heavy (non-hydrogen) atoms. The lowest BCUT2D eigenvalue weighted by atomic mass is 9.94. The van der Waals surface area contributed by atoms with Crippen molar-refractivity contribution < 1.29 is 28.8 Å². The Morgan fingerprint density at radius 3 is 2.67 bits per heavy atom. The molecule has 2 aliphatic heterocycles. The Labute approximate surface area is 215 Å². The van der Waals surface area contributed by atoms with E-state index >= 15 is 0 Å². The van der Waals surface area contributed by atoms with Gasteiger partial charge in [-0.1, -0.05) is 41.9 Å². The summed E-state index contributed by atoms with van der Waals surface area (Å²) >= 11 is 6.50. The van der Waals surface area contributed by atoms with Crippen LogP contribution in [0.4, 0.5) is 4.39 Å². The Morgan fingerprint density at radius 1 is 1.08 bits per heavy atom. The summed E-state index contributed by atoms with van der Waals surface area (Å²) in [5, 5.41) is 20.3. The number of aliphatic hydroxyl groups is 2. The molecule has 2 heterocycles. The Morgan fingerprint density at radius 2 is 1.89 bits per heavy atom. The molecule has 0 bridgehead atoms. The van der Waals surface area contributed by atoms with E-state index in [1.54, 1.807) is 6.07 Å². The van der Waals surface area contributed by atoms with E-state index in [4.69, 9.17) is 25.8 Å². The van der Waals surface area contributed by atoms with Gasteiger partial charge in [-0.05, 0) is 71.5 Å². The molecule has 3 aromatic rings. The van der Waals surface area contributed by atoms with Crippen molar-refractivity contribution in [3.8, 4) is 5.75 Å². The lowest BCUT2D eigenvalue weighted by Crippen LogP contribution is -2.33. The Bertz CT molecular complexity index is 1220. The molecule has 0 aliphatic carbocycles. The van der Waals surface area contributed by atoms with E-state index in [0.29, 0.717) is 37.5 Å². The van der Waals surface area contributed by atoms with E-state index in [0.717, 1.165) is 33.6 Å². The van der Waals surface area contributed by atoms with Crippen molar-refractivity contribution in [3.05, 3.63) is 99.3 Å². The fourth-order valence-corrected chi connectivity index (χ4v) is 5.21. The summed E-state index contributed by atoms with van der Waals surface area (Å²) in [6.45, 7) is 2.54. The van der Waals surface area contributed by atoms with E-state index in [2.05, 4.69) is 0 Å². The van der Waals surface area contributed by atoms with Crippen LogP contribution in [-0.4, -0.2) is 35.6 Å². The van der Waals surface area contributed by atoms with Gasteiger partial charge in [0.25, 0.3) is 0 Å². The van der Waals surface area contributed by atoms with E-state index < -0.39 is 11.7 Å². The number of rotatable bonds is 7. The third-order valence-corrected chi connectivity index (χ3v) is 7.41. The first kappa shape index (κ1) is 25.2. The summed E-state index contributed by atoms with van der Waals surface area (Å²) in [5.74, 6) is 0.459. The van der Waals surface area contributed by atoms with Gasteiger partial charge in [-0.25, -0.2) is 4.39 Å². The van der Waals surface area contributed by atoms with Gasteiger partial charge in [0, 0.05) is 17.9 Å². The predicted molar refractivity (Wildman–Crippen MR) is 135 cm³/mol. The van der Waals surface area contributed by atoms with Gasteiger partial charge in [-0.2, -0.15) is 0 Å². The predicted octanol–water partition coefficient (Wildman–Crippen LogP) is 5.47. The third kappa shape index (κ3) is 5.43. The van der Waals surface area contributed by atoms with Crippen LogP contribution < -0.4 is 4.74 Å². The fraction of sp³-hybridized carbons (Fsp3) is 0.379. The maximum absolute atomic E-state index is 13.5. The number of aliphatic hydroxyl groups excluding tert-OH is 2. The molecule has 2 N–H and O–H groups in total. The monoisotopic (exact) mass is 512 g/mol. The number of fused-ring (bicyclic) bond motifs is 1. The molecular weight excluding hydrogens is 483 g/mol. The van der Waals surface area contributed by atoms with Crippen LogP contribution in [0.5, 0.6) is 5.75 Å². The van der Waals surface area contributed by atoms with Crippen LogP contribution in [0.2, 0.25) is 5.02 Å². The highest BCUT2D eigenvalue weighted by Crippen LogP contribution is 2.37. The highest BCUT2D eigenvalue weighted by molar-refractivity contribution is 6.31. The number of ether oxygens (including phenoxy) is 3. The average molecular weight is 513 g/mol. The summed E-state index contributed by atoms with van der Waals surface area (Å²) < 4.78 is 31.5. The molecule has 7 heteroatoms. The second kappa shape index (κ2) is 10.5. The van der Waals surface area contributed by atoms with Crippen LogP contribution in [0.1, 0.15) is 53.7 Å². The summed E-state index contributed by atoms with van der Waals surface area (Å²) in [7, 11) is 0. The zero-order chi connectivity index (χ0) is 25.3. The molecule has 0 amide bonds. The summed E-state index contributed by atoms with van der Waals surface area (Å²) in [6, 6.07) is 18.4. The molecule has 5 rings (SSSR count). The van der Waals surface area contributed by atoms with E-state index in [1.165, 1.54) is 12.1 Å². The first-order valence-electron chi connectivity index (χ1n) is 12.2. The molecule has 4 atom stereocenters. The zero-order valence-corrected chi connectivity index (χ0v) is 20.9. The smallest absolute Gasteiger partial charge is 0.125 e. The van der Waals surface area contributed by atoms with Gasteiger partial charge in [-0.3, -0.25) is 0 Å². The first-order chi connectivity index (χ1) is 17.3. The normalized spacial score (nSPS) is 25.5. The van der Waals surface area contributed by atoms with Gasteiger partial charge in [-0.15, -0.1) is 0 Å². The molecule has 5 nitrogen and oxygen atoms in total.